The Morgan fingerprint density at radius 1 is 1.14 bits per heavy atom. The number of rotatable bonds is 7. The van der Waals surface area contributed by atoms with Gasteiger partial charge in [0.05, 0.1) is 0 Å². The third-order valence-corrected chi connectivity index (χ3v) is 6.61. The number of hydrogen-bond acceptors (Lipinski definition) is 3. The van der Waals surface area contributed by atoms with Gasteiger partial charge in [-0.3, -0.25) is 0 Å². The van der Waals surface area contributed by atoms with E-state index in [9.17, 15) is 8.42 Å². The fourth-order valence-corrected chi connectivity index (χ4v) is 4.97. The van der Waals surface area contributed by atoms with E-state index >= 15 is 0 Å². The van der Waals surface area contributed by atoms with Crippen molar-refractivity contribution in [2.45, 2.75) is 46.0 Å². The molecule has 2 aliphatic rings. The van der Waals surface area contributed by atoms with Crippen LogP contribution in [0.1, 0.15) is 46.0 Å². The second-order valence-corrected chi connectivity index (χ2v) is 8.45. The zero-order chi connectivity index (χ0) is 15.3. The maximum Gasteiger partial charge on any atom is 0.279 e. The van der Waals surface area contributed by atoms with E-state index < -0.39 is 10.2 Å². The minimum Gasteiger partial charge on any atom is -0.317 e. The third-order valence-electron chi connectivity index (χ3n) is 5.07. The molecule has 0 amide bonds. The molecule has 21 heavy (non-hydrogen) atoms. The standard InChI is InChI=1S/C15H31N3O2S/c1-3-16-10-14-7-5-9-18(12-14)21(19,20)17-11-15-8-4-6-13(15)2/h13-17H,3-12H2,1-2H3. The van der Waals surface area contributed by atoms with Gasteiger partial charge in [0.25, 0.3) is 10.2 Å². The monoisotopic (exact) mass is 317 g/mol. The van der Waals surface area contributed by atoms with E-state index in [1.807, 2.05) is 0 Å². The molecule has 1 aliphatic carbocycles. The highest BCUT2D eigenvalue weighted by Gasteiger charge is 2.30. The Bertz CT molecular complexity index is 413. The summed E-state index contributed by atoms with van der Waals surface area (Å²) in [7, 11) is -3.30. The zero-order valence-corrected chi connectivity index (χ0v) is 14.3. The molecule has 0 aromatic rings. The lowest BCUT2D eigenvalue weighted by Crippen LogP contribution is -2.48. The molecular weight excluding hydrogens is 286 g/mol. The van der Waals surface area contributed by atoms with Crippen LogP contribution in [0.15, 0.2) is 0 Å². The van der Waals surface area contributed by atoms with Gasteiger partial charge in [0.15, 0.2) is 0 Å². The lowest BCUT2D eigenvalue weighted by atomic mass is 9.99. The van der Waals surface area contributed by atoms with Gasteiger partial charge in [-0.15, -0.1) is 0 Å². The first-order chi connectivity index (χ1) is 10.0. The van der Waals surface area contributed by atoms with E-state index in [-0.39, 0.29) is 0 Å². The number of hydrogen-bond donors (Lipinski definition) is 2. The van der Waals surface area contributed by atoms with E-state index in [4.69, 9.17) is 0 Å². The molecule has 3 atom stereocenters. The van der Waals surface area contributed by atoms with Gasteiger partial charge < -0.3 is 5.32 Å². The van der Waals surface area contributed by atoms with Gasteiger partial charge in [0.1, 0.15) is 0 Å². The molecule has 1 saturated carbocycles. The summed E-state index contributed by atoms with van der Waals surface area (Å²) in [6.45, 7) is 8.11. The average molecular weight is 317 g/mol. The lowest BCUT2D eigenvalue weighted by molar-refractivity contribution is 0.257. The van der Waals surface area contributed by atoms with Gasteiger partial charge in [0, 0.05) is 19.6 Å². The van der Waals surface area contributed by atoms with Gasteiger partial charge in [0.2, 0.25) is 0 Å². The average Bonchev–Trinajstić information content (AvgIpc) is 2.89. The van der Waals surface area contributed by atoms with Crippen molar-refractivity contribution in [1.82, 2.24) is 14.3 Å². The predicted molar refractivity (Wildman–Crippen MR) is 86.3 cm³/mol. The molecule has 3 unspecified atom stereocenters. The van der Waals surface area contributed by atoms with Gasteiger partial charge >= 0.3 is 0 Å². The SMILES string of the molecule is CCNCC1CCCN(S(=O)(=O)NCC2CCCC2C)C1. The van der Waals surface area contributed by atoms with Crippen LogP contribution in [0.3, 0.4) is 0 Å². The van der Waals surface area contributed by atoms with E-state index in [2.05, 4.69) is 23.9 Å². The Morgan fingerprint density at radius 3 is 2.62 bits per heavy atom. The quantitative estimate of drug-likeness (QED) is 0.749. The number of nitrogens with one attached hydrogen (secondary N) is 2. The Kier molecular flexibility index (Phi) is 6.47. The summed E-state index contributed by atoms with van der Waals surface area (Å²) < 4.78 is 29.4. The van der Waals surface area contributed by atoms with Crippen LogP contribution in [0, 0.1) is 17.8 Å². The summed E-state index contributed by atoms with van der Waals surface area (Å²) >= 11 is 0. The zero-order valence-electron chi connectivity index (χ0n) is 13.5. The van der Waals surface area contributed by atoms with Crippen molar-refractivity contribution < 1.29 is 8.42 Å². The van der Waals surface area contributed by atoms with Crippen molar-refractivity contribution in [3.8, 4) is 0 Å². The molecule has 0 aromatic carbocycles. The molecule has 0 spiro atoms. The van der Waals surface area contributed by atoms with Gasteiger partial charge in [-0.25, -0.2) is 4.72 Å². The molecule has 2 rings (SSSR count). The van der Waals surface area contributed by atoms with Crippen LogP contribution in [-0.4, -0.2) is 45.4 Å². The highest BCUT2D eigenvalue weighted by atomic mass is 32.2. The lowest BCUT2D eigenvalue weighted by Gasteiger charge is -2.32. The molecule has 1 saturated heterocycles. The molecule has 6 heteroatoms. The van der Waals surface area contributed by atoms with Crippen molar-refractivity contribution >= 4 is 10.2 Å². The van der Waals surface area contributed by atoms with Crippen molar-refractivity contribution in [1.29, 1.82) is 0 Å². The highest BCUT2D eigenvalue weighted by Crippen LogP contribution is 2.30. The minimum atomic E-state index is -3.30. The van der Waals surface area contributed by atoms with Crippen LogP contribution in [0.2, 0.25) is 0 Å². The molecule has 2 N–H and O–H groups in total. The first kappa shape index (κ1) is 17.2. The van der Waals surface area contributed by atoms with Crippen LogP contribution < -0.4 is 10.0 Å². The Balaban J connectivity index is 1.83. The van der Waals surface area contributed by atoms with Crippen molar-refractivity contribution in [2.24, 2.45) is 17.8 Å². The van der Waals surface area contributed by atoms with Crippen molar-refractivity contribution in [2.75, 3.05) is 32.7 Å². The van der Waals surface area contributed by atoms with Crippen LogP contribution in [0.25, 0.3) is 0 Å². The minimum absolute atomic E-state index is 0.445. The second-order valence-electron chi connectivity index (χ2n) is 6.70. The molecule has 0 aromatic heterocycles. The second kappa shape index (κ2) is 7.90. The topological polar surface area (TPSA) is 61.4 Å². The molecular formula is C15H31N3O2S. The molecule has 124 valence electrons. The summed E-state index contributed by atoms with van der Waals surface area (Å²) in [6.07, 6.45) is 5.73. The van der Waals surface area contributed by atoms with E-state index in [0.717, 1.165) is 32.4 Å². The van der Waals surface area contributed by atoms with Crippen LogP contribution in [0.4, 0.5) is 0 Å². The molecule has 1 heterocycles. The molecule has 0 radical (unpaired) electrons. The maximum absolute atomic E-state index is 12.5. The van der Waals surface area contributed by atoms with Gasteiger partial charge in [-0.2, -0.15) is 12.7 Å². The van der Waals surface area contributed by atoms with Crippen LogP contribution in [0.5, 0.6) is 0 Å². The Morgan fingerprint density at radius 2 is 1.95 bits per heavy atom. The molecule has 0 bridgehead atoms. The third kappa shape index (κ3) is 4.91. The molecule has 5 nitrogen and oxygen atoms in total. The Labute approximate surface area is 130 Å². The fourth-order valence-electron chi connectivity index (χ4n) is 3.59. The summed E-state index contributed by atoms with van der Waals surface area (Å²) in [4.78, 5) is 0. The summed E-state index contributed by atoms with van der Waals surface area (Å²) in [6, 6.07) is 0. The van der Waals surface area contributed by atoms with Gasteiger partial charge in [-0.05, 0) is 50.1 Å². The van der Waals surface area contributed by atoms with Crippen LogP contribution >= 0.6 is 0 Å². The first-order valence-corrected chi connectivity index (χ1v) is 9.92. The van der Waals surface area contributed by atoms with Crippen molar-refractivity contribution in [3.63, 3.8) is 0 Å². The number of nitrogens with zero attached hydrogens (tertiary/aromatic N) is 1. The Hall–Kier alpha value is -0.170. The van der Waals surface area contributed by atoms with Crippen molar-refractivity contribution in [3.05, 3.63) is 0 Å². The fraction of sp³-hybridized carbons (Fsp3) is 1.00. The van der Waals surface area contributed by atoms with E-state index in [1.54, 1.807) is 4.31 Å². The largest absolute Gasteiger partial charge is 0.317 e. The molecule has 1 aliphatic heterocycles. The highest BCUT2D eigenvalue weighted by molar-refractivity contribution is 7.87. The first-order valence-electron chi connectivity index (χ1n) is 8.48. The van der Waals surface area contributed by atoms with E-state index in [0.29, 0.717) is 37.4 Å². The van der Waals surface area contributed by atoms with Gasteiger partial charge in [-0.1, -0.05) is 26.7 Å². The maximum atomic E-state index is 12.5. The summed E-state index contributed by atoms with van der Waals surface area (Å²) in [5.41, 5.74) is 0. The summed E-state index contributed by atoms with van der Waals surface area (Å²) in [5, 5.41) is 3.33. The predicted octanol–water partition coefficient (Wildman–Crippen LogP) is 1.58. The smallest absolute Gasteiger partial charge is 0.279 e. The van der Waals surface area contributed by atoms with Crippen LogP contribution in [-0.2, 0) is 10.2 Å². The molecule has 2 fully saturated rings. The number of piperidine rings is 1. The normalized spacial score (nSPS) is 31.6. The van der Waals surface area contributed by atoms with E-state index in [1.165, 1.54) is 12.8 Å². The summed E-state index contributed by atoms with van der Waals surface area (Å²) in [5.74, 6) is 1.61.